The fourth-order valence-electron chi connectivity index (χ4n) is 1.67. The summed E-state index contributed by atoms with van der Waals surface area (Å²) in [6, 6.07) is 2.48. The molecule has 0 aromatic heterocycles. The molecule has 0 saturated heterocycles. The molecule has 4 heteroatoms. The first-order valence-electron chi connectivity index (χ1n) is 5.53. The molecule has 0 radical (unpaired) electrons. The van der Waals surface area contributed by atoms with Gasteiger partial charge in [0.2, 0.25) is 0 Å². The summed E-state index contributed by atoms with van der Waals surface area (Å²) in [6.07, 6.45) is 0.420. The van der Waals surface area contributed by atoms with E-state index in [0.717, 1.165) is 0 Å². The quantitative estimate of drug-likeness (QED) is 0.882. The number of rotatable bonds is 4. The average molecular weight is 243 g/mol. The third-order valence-electron chi connectivity index (χ3n) is 2.97. The first kappa shape index (κ1) is 14.1. The van der Waals surface area contributed by atoms with E-state index in [0.29, 0.717) is 6.42 Å². The highest BCUT2D eigenvalue weighted by Gasteiger charge is 2.24. The van der Waals surface area contributed by atoms with E-state index in [4.69, 9.17) is 10.5 Å². The van der Waals surface area contributed by atoms with E-state index in [-0.39, 0.29) is 11.1 Å². The standard InChI is InChI=1S/C13H19F2NO/c1-8-5-6-9(12(15)11(8)14)10(16)7-13(2,3)17-4/h5-6,10H,7,16H2,1-4H3. The Balaban J connectivity index is 2.98. The number of nitrogens with two attached hydrogens (primary N) is 1. The zero-order chi connectivity index (χ0) is 13.2. The number of benzene rings is 1. The fraction of sp³-hybridized carbons (Fsp3) is 0.538. The van der Waals surface area contributed by atoms with E-state index in [9.17, 15) is 8.78 Å². The Hall–Kier alpha value is -1.00. The maximum atomic E-state index is 13.7. The molecule has 0 fully saturated rings. The second-order valence-corrected chi connectivity index (χ2v) is 4.87. The summed E-state index contributed by atoms with van der Waals surface area (Å²) in [4.78, 5) is 0. The fourth-order valence-corrected chi connectivity index (χ4v) is 1.67. The predicted octanol–water partition coefficient (Wildman–Crippen LogP) is 3.09. The van der Waals surface area contributed by atoms with E-state index in [1.165, 1.54) is 19.1 Å². The molecule has 1 aromatic rings. The van der Waals surface area contributed by atoms with Gasteiger partial charge in [-0.25, -0.2) is 8.78 Å². The van der Waals surface area contributed by atoms with Crippen molar-refractivity contribution in [1.82, 2.24) is 0 Å². The summed E-state index contributed by atoms with van der Waals surface area (Å²) in [5.74, 6) is -1.68. The number of methoxy groups -OCH3 is 1. The van der Waals surface area contributed by atoms with E-state index in [1.807, 2.05) is 13.8 Å². The van der Waals surface area contributed by atoms with Crippen molar-refractivity contribution in [2.75, 3.05) is 7.11 Å². The van der Waals surface area contributed by atoms with Crippen molar-refractivity contribution >= 4 is 0 Å². The maximum absolute atomic E-state index is 13.7. The SMILES string of the molecule is COC(C)(C)CC(N)c1ccc(C)c(F)c1F. The van der Waals surface area contributed by atoms with Crippen LogP contribution in [0.4, 0.5) is 8.78 Å². The molecule has 0 bridgehead atoms. The summed E-state index contributed by atoms with van der Waals surface area (Å²) in [6.45, 7) is 5.23. The minimum absolute atomic E-state index is 0.193. The largest absolute Gasteiger partial charge is 0.379 e. The first-order valence-corrected chi connectivity index (χ1v) is 5.53. The van der Waals surface area contributed by atoms with Crippen LogP contribution in [0.1, 0.15) is 37.4 Å². The van der Waals surface area contributed by atoms with E-state index >= 15 is 0 Å². The van der Waals surface area contributed by atoms with Crippen LogP contribution in [0.15, 0.2) is 12.1 Å². The summed E-state index contributed by atoms with van der Waals surface area (Å²) >= 11 is 0. The van der Waals surface area contributed by atoms with E-state index in [2.05, 4.69) is 0 Å². The molecule has 0 spiro atoms. The monoisotopic (exact) mass is 243 g/mol. The van der Waals surface area contributed by atoms with Crippen molar-refractivity contribution in [1.29, 1.82) is 0 Å². The van der Waals surface area contributed by atoms with Gasteiger partial charge in [-0.05, 0) is 32.8 Å². The molecule has 17 heavy (non-hydrogen) atoms. The van der Waals surface area contributed by atoms with Gasteiger partial charge in [-0.15, -0.1) is 0 Å². The lowest BCUT2D eigenvalue weighted by Gasteiger charge is -2.27. The van der Waals surface area contributed by atoms with Crippen LogP contribution < -0.4 is 5.73 Å². The predicted molar refractivity (Wildman–Crippen MR) is 63.7 cm³/mol. The van der Waals surface area contributed by atoms with Gasteiger partial charge < -0.3 is 10.5 Å². The Morgan fingerprint density at radius 1 is 1.29 bits per heavy atom. The van der Waals surface area contributed by atoms with Crippen LogP contribution in [-0.4, -0.2) is 12.7 Å². The third-order valence-corrected chi connectivity index (χ3v) is 2.97. The van der Waals surface area contributed by atoms with E-state index < -0.39 is 23.3 Å². The average Bonchev–Trinajstić information content (AvgIpc) is 2.25. The van der Waals surface area contributed by atoms with Gasteiger partial charge in [-0.3, -0.25) is 0 Å². The summed E-state index contributed by atoms with van der Waals surface area (Å²) in [5, 5.41) is 0. The van der Waals surface area contributed by atoms with Crippen LogP contribution in [0.5, 0.6) is 0 Å². The lowest BCUT2D eigenvalue weighted by atomic mass is 9.93. The highest BCUT2D eigenvalue weighted by molar-refractivity contribution is 5.27. The van der Waals surface area contributed by atoms with Gasteiger partial charge in [-0.1, -0.05) is 12.1 Å². The van der Waals surface area contributed by atoms with Crippen LogP contribution in [0.2, 0.25) is 0 Å². The van der Waals surface area contributed by atoms with Crippen molar-refractivity contribution in [2.24, 2.45) is 5.73 Å². The summed E-state index contributed by atoms with van der Waals surface area (Å²) in [5.41, 5.74) is 5.90. The Bertz CT molecular complexity index is 405. The van der Waals surface area contributed by atoms with Crippen LogP contribution in [0.3, 0.4) is 0 Å². The molecule has 96 valence electrons. The van der Waals surface area contributed by atoms with Crippen molar-refractivity contribution in [3.8, 4) is 0 Å². The van der Waals surface area contributed by atoms with E-state index in [1.54, 1.807) is 7.11 Å². The lowest BCUT2D eigenvalue weighted by Crippen LogP contribution is -2.29. The Morgan fingerprint density at radius 3 is 2.41 bits per heavy atom. The highest BCUT2D eigenvalue weighted by atomic mass is 19.2. The van der Waals surface area contributed by atoms with Crippen molar-refractivity contribution in [3.05, 3.63) is 34.9 Å². The summed E-state index contributed by atoms with van der Waals surface area (Å²) in [7, 11) is 1.57. The van der Waals surface area contributed by atoms with Crippen LogP contribution in [-0.2, 0) is 4.74 Å². The molecule has 1 atom stereocenters. The molecule has 1 aromatic carbocycles. The minimum atomic E-state index is -0.857. The van der Waals surface area contributed by atoms with Crippen molar-refractivity contribution < 1.29 is 13.5 Å². The smallest absolute Gasteiger partial charge is 0.163 e. The minimum Gasteiger partial charge on any atom is -0.379 e. The molecule has 1 rings (SSSR count). The van der Waals surface area contributed by atoms with Gasteiger partial charge in [0.05, 0.1) is 5.60 Å². The molecule has 2 N–H and O–H groups in total. The van der Waals surface area contributed by atoms with Crippen molar-refractivity contribution in [2.45, 2.75) is 38.8 Å². The second kappa shape index (κ2) is 5.10. The molecule has 0 aliphatic carbocycles. The van der Waals surface area contributed by atoms with Gasteiger partial charge in [0.1, 0.15) is 0 Å². The number of hydrogen-bond acceptors (Lipinski definition) is 2. The molecule has 0 aliphatic rings. The maximum Gasteiger partial charge on any atom is 0.163 e. The number of aryl methyl sites for hydroxylation is 1. The highest BCUT2D eigenvalue weighted by Crippen LogP contribution is 2.27. The molecule has 0 amide bonds. The molecular weight excluding hydrogens is 224 g/mol. The van der Waals surface area contributed by atoms with Gasteiger partial charge in [0.25, 0.3) is 0 Å². The Labute approximate surface area is 101 Å². The molecule has 2 nitrogen and oxygen atoms in total. The number of ether oxygens (including phenoxy) is 1. The van der Waals surface area contributed by atoms with Crippen LogP contribution in [0.25, 0.3) is 0 Å². The Kier molecular flexibility index (Phi) is 4.22. The van der Waals surface area contributed by atoms with Gasteiger partial charge in [-0.2, -0.15) is 0 Å². The number of hydrogen-bond donors (Lipinski definition) is 1. The first-order chi connectivity index (χ1) is 7.78. The molecule has 1 unspecified atom stereocenters. The van der Waals surface area contributed by atoms with Crippen molar-refractivity contribution in [3.63, 3.8) is 0 Å². The Morgan fingerprint density at radius 2 is 1.88 bits per heavy atom. The molecular formula is C13H19F2NO. The molecule has 0 aliphatic heterocycles. The second-order valence-electron chi connectivity index (χ2n) is 4.87. The topological polar surface area (TPSA) is 35.2 Å². The third kappa shape index (κ3) is 3.23. The normalized spacial score (nSPS) is 13.8. The van der Waals surface area contributed by atoms with Gasteiger partial charge in [0.15, 0.2) is 11.6 Å². The summed E-state index contributed by atoms with van der Waals surface area (Å²) < 4.78 is 32.3. The lowest BCUT2D eigenvalue weighted by molar-refractivity contribution is 0.00969. The molecule has 0 saturated carbocycles. The van der Waals surface area contributed by atoms with Gasteiger partial charge >= 0.3 is 0 Å². The van der Waals surface area contributed by atoms with Crippen LogP contribution in [0, 0.1) is 18.6 Å². The zero-order valence-electron chi connectivity index (χ0n) is 10.7. The number of halogens is 2. The zero-order valence-corrected chi connectivity index (χ0v) is 10.7. The van der Waals surface area contributed by atoms with Crippen LogP contribution >= 0.6 is 0 Å². The van der Waals surface area contributed by atoms with Gasteiger partial charge in [0, 0.05) is 18.7 Å². The molecule has 0 heterocycles.